The summed E-state index contributed by atoms with van der Waals surface area (Å²) in [7, 11) is 1.49. The minimum absolute atomic E-state index is 0.0464. The molecule has 1 fully saturated rings. The Morgan fingerprint density at radius 2 is 1.94 bits per heavy atom. The van der Waals surface area contributed by atoms with E-state index in [4.69, 9.17) is 16.3 Å². The first-order valence-electron chi connectivity index (χ1n) is 10.1. The first kappa shape index (κ1) is 21.6. The number of hydrogen-bond donors (Lipinski definition) is 1. The van der Waals surface area contributed by atoms with Crippen LogP contribution in [-0.4, -0.2) is 44.9 Å². The van der Waals surface area contributed by atoms with E-state index in [0.29, 0.717) is 35.8 Å². The molecule has 1 saturated heterocycles. The van der Waals surface area contributed by atoms with Crippen LogP contribution in [0.4, 0.5) is 0 Å². The molecule has 1 aromatic heterocycles. The number of benzene rings is 2. The molecule has 1 N–H and O–H groups in total. The quantitative estimate of drug-likeness (QED) is 0.332. The number of Topliss-reactive ketones (excluding diaryl/α,β-unsaturated/α-hetero) is 1. The summed E-state index contributed by atoms with van der Waals surface area (Å²) in [6.45, 7) is 1.00. The standard InChI is InChI=1S/C24H22ClN3O4/c1-32-19-9-8-17(14-18(19)25)22(29)20-21(16-6-3-2-4-7-16)28(24(31)23(20)30)12-5-11-27-13-10-26-15-27/h2-4,6-10,13-15,21,29H,5,11-12H2,1H3/t21-/m1/s1. The van der Waals surface area contributed by atoms with Crippen LogP contribution in [0.3, 0.4) is 0 Å². The summed E-state index contributed by atoms with van der Waals surface area (Å²) < 4.78 is 7.07. The van der Waals surface area contributed by atoms with Gasteiger partial charge < -0.3 is 19.3 Å². The van der Waals surface area contributed by atoms with Crippen molar-refractivity contribution in [1.82, 2.24) is 14.5 Å². The zero-order valence-corrected chi connectivity index (χ0v) is 18.2. The molecule has 3 aromatic rings. The third-order valence-electron chi connectivity index (χ3n) is 5.46. The highest BCUT2D eigenvalue weighted by Crippen LogP contribution is 2.40. The lowest BCUT2D eigenvalue weighted by Crippen LogP contribution is -2.31. The van der Waals surface area contributed by atoms with Gasteiger partial charge in [-0.05, 0) is 30.2 Å². The summed E-state index contributed by atoms with van der Waals surface area (Å²) in [5.74, 6) is -1.17. The molecule has 0 bridgehead atoms. The van der Waals surface area contributed by atoms with Crippen LogP contribution in [0.15, 0.2) is 72.8 Å². The Morgan fingerprint density at radius 1 is 1.16 bits per heavy atom. The number of aliphatic hydroxyl groups is 1. The van der Waals surface area contributed by atoms with Crippen LogP contribution in [0.1, 0.15) is 23.6 Å². The minimum atomic E-state index is -0.717. The average Bonchev–Trinajstić information content (AvgIpc) is 3.41. The molecule has 7 nitrogen and oxygen atoms in total. The number of rotatable bonds is 7. The van der Waals surface area contributed by atoms with E-state index in [1.807, 2.05) is 41.1 Å². The number of halogens is 1. The van der Waals surface area contributed by atoms with Gasteiger partial charge in [-0.25, -0.2) is 4.98 Å². The molecule has 4 rings (SSSR count). The summed E-state index contributed by atoms with van der Waals surface area (Å²) in [5, 5.41) is 11.4. The Hall–Kier alpha value is -3.58. The number of nitrogens with zero attached hydrogens (tertiary/aromatic N) is 3. The van der Waals surface area contributed by atoms with Gasteiger partial charge in [-0.1, -0.05) is 41.9 Å². The third-order valence-corrected chi connectivity index (χ3v) is 5.75. The van der Waals surface area contributed by atoms with E-state index in [9.17, 15) is 14.7 Å². The minimum Gasteiger partial charge on any atom is -0.507 e. The lowest BCUT2D eigenvalue weighted by molar-refractivity contribution is -0.139. The molecule has 1 aliphatic rings. The molecule has 32 heavy (non-hydrogen) atoms. The summed E-state index contributed by atoms with van der Waals surface area (Å²) in [4.78, 5) is 31.5. The van der Waals surface area contributed by atoms with Gasteiger partial charge in [-0.15, -0.1) is 0 Å². The van der Waals surface area contributed by atoms with Crippen molar-refractivity contribution < 1.29 is 19.4 Å². The largest absolute Gasteiger partial charge is 0.507 e. The van der Waals surface area contributed by atoms with Crippen molar-refractivity contribution in [2.75, 3.05) is 13.7 Å². The normalized spacial score (nSPS) is 17.7. The van der Waals surface area contributed by atoms with Gasteiger partial charge in [0.1, 0.15) is 11.5 Å². The van der Waals surface area contributed by atoms with Crippen molar-refractivity contribution in [3.05, 3.63) is 89.0 Å². The smallest absolute Gasteiger partial charge is 0.295 e. The lowest BCUT2D eigenvalue weighted by atomic mass is 9.95. The molecule has 0 unspecified atom stereocenters. The highest BCUT2D eigenvalue weighted by molar-refractivity contribution is 6.46. The van der Waals surface area contributed by atoms with E-state index in [1.54, 1.807) is 24.7 Å². The molecule has 8 heteroatoms. The maximum absolute atomic E-state index is 13.0. The lowest BCUT2D eigenvalue weighted by Gasteiger charge is -2.25. The summed E-state index contributed by atoms with van der Waals surface area (Å²) in [6, 6.07) is 13.3. The Labute approximate surface area is 190 Å². The topological polar surface area (TPSA) is 84.7 Å². The van der Waals surface area contributed by atoms with Gasteiger partial charge in [0, 0.05) is 31.0 Å². The fraction of sp³-hybridized carbons (Fsp3) is 0.208. The predicted molar refractivity (Wildman–Crippen MR) is 120 cm³/mol. The van der Waals surface area contributed by atoms with Crippen LogP contribution in [0.2, 0.25) is 5.02 Å². The van der Waals surface area contributed by atoms with Crippen LogP contribution in [0.25, 0.3) is 5.76 Å². The number of aromatic nitrogens is 2. The van der Waals surface area contributed by atoms with Gasteiger partial charge >= 0.3 is 0 Å². The zero-order chi connectivity index (χ0) is 22.7. The Kier molecular flexibility index (Phi) is 6.28. The molecule has 0 saturated carbocycles. The van der Waals surface area contributed by atoms with Gasteiger partial charge in [-0.3, -0.25) is 9.59 Å². The van der Waals surface area contributed by atoms with Crippen LogP contribution < -0.4 is 4.74 Å². The summed E-state index contributed by atoms with van der Waals surface area (Å²) >= 11 is 6.22. The fourth-order valence-electron chi connectivity index (χ4n) is 3.90. The molecule has 2 heterocycles. The number of amides is 1. The summed E-state index contributed by atoms with van der Waals surface area (Å²) in [6.07, 6.45) is 5.86. The molecule has 2 aromatic carbocycles. The van der Waals surface area contributed by atoms with E-state index in [-0.39, 0.29) is 11.3 Å². The van der Waals surface area contributed by atoms with E-state index in [0.717, 1.165) is 5.56 Å². The van der Waals surface area contributed by atoms with Gasteiger partial charge in [0.15, 0.2) is 0 Å². The van der Waals surface area contributed by atoms with Crippen molar-refractivity contribution in [1.29, 1.82) is 0 Å². The van der Waals surface area contributed by atoms with E-state index in [1.165, 1.54) is 18.1 Å². The number of ketones is 1. The Balaban J connectivity index is 1.72. The van der Waals surface area contributed by atoms with E-state index < -0.39 is 17.7 Å². The van der Waals surface area contributed by atoms with Crippen molar-refractivity contribution >= 4 is 29.1 Å². The first-order valence-corrected chi connectivity index (χ1v) is 10.5. The van der Waals surface area contributed by atoms with Gasteiger partial charge in [0.25, 0.3) is 11.7 Å². The second-order valence-electron chi connectivity index (χ2n) is 7.41. The van der Waals surface area contributed by atoms with E-state index in [2.05, 4.69) is 4.98 Å². The zero-order valence-electron chi connectivity index (χ0n) is 17.4. The maximum atomic E-state index is 13.0. The number of carbonyl (C=O) groups excluding carboxylic acids is 2. The second-order valence-corrected chi connectivity index (χ2v) is 7.81. The number of likely N-dealkylation sites (tertiary alicyclic amines) is 1. The predicted octanol–water partition coefficient (Wildman–Crippen LogP) is 4.06. The number of ether oxygens (including phenoxy) is 1. The molecule has 1 amide bonds. The highest BCUT2D eigenvalue weighted by Gasteiger charge is 2.45. The van der Waals surface area contributed by atoms with Crippen LogP contribution in [-0.2, 0) is 16.1 Å². The number of aryl methyl sites for hydroxylation is 1. The van der Waals surface area contributed by atoms with Gasteiger partial charge in [-0.2, -0.15) is 0 Å². The van der Waals surface area contributed by atoms with Crippen LogP contribution in [0, 0.1) is 0 Å². The fourth-order valence-corrected chi connectivity index (χ4v) is 4.16. The van der Waals surface area contributed by atoms with Crippen molar-refractivity contribution in [3.63, 3.8) is 0 Å². The average molecular weight is 452 g/mol. The first-order chi connectivity index (χ1) is 15.5. The number of imidazole rings is 1. The van der Waals surface area contributed by atoms with Gasteiger partial charge in [0.05, 0.1) is 30.1 Å². The molecular weight excluding hydrogens is 430 g/mol. The molecule has 0 spiro atoms. The second kappa shape index (κ2) is 9.28. The maximum Gasteiger partial charge on any atom is 0.295 e. The molecule has 164 valence electrons. The van der Waals surface area contributed by atoms with Crippen LogP contribution in [0.5, 0.6) is 5.75 Å². The van der Waals surface area contributed by atoms with Crippen LogP contribution >= 0.6 is 11.6 Å². The van der Waals surface area contributed by atoms with Crippen molar-refractivity contribution in [2.45, 2.75) is 19.0 Å². The molecule has 0 radical (unpaired) electrons. The van der Waals surface area contributed by atoms with Gasteiger partial charge in [0.2, 0.25) is 0 Å². The number of hydrogen-bond acceptors (Lipinski definition) is 5. The highest BCUT2D eigenvalue weighted by atomic mass is 35.5. The third kappa shape index (κ3) is 4.11. The number of aliphatic hydroxyl groups excluding tert-OH is 1. The summed E-state index contributed by atoms with van der Waals surface area (Å²) in [5.41, 5.74) is 1.13. The van der Waals surface area contributed by atoms with Crippen molar-refractivity contribution in [2.24, 2.45) is 0 Å². The monoisotopic (exact) mass is 451 g/mol. The Morgan fingerprint density at radius 3 is 2.59 bits per heavy atom. The molecular formula is C24H22ClN3O4. The van der Waals surface area contributed by atoms with E-state index >= 15 is 0 Å². The molecule has 0 aliphatic carbocycles. The SMILES string of the molecule is COc1ccc(C(O)=C2C(=O)C(=O)N(CCCn3ccnc3)[C@@H]2c2ccccc2)cc1Cl. The van der Waals surface area contributed by atoms with Crippen molar-refractivity contribution in [3.8, 4) is 5.75 Å². The number of carbonyl (C=O) groups is 2. The number of methoxy groups -OCH3 is 1. The molecule has 1 aliphatic heterocycles. The Bertz CT molecular complexity index is 1160. The molecule has 1 atom stereocenters.